The number of nitrogens with two attached hydrogens (primary N) is 1. The normalized spacial score (nSPS) is 26.5. The fourth-order valence-corrected chi connectivity index (χ4v) is 1.99. The molecule has 1 heterocycles. The predicted octanol–water partition coefficient (Wildman–Crippen LogP) is 0.836. The molecule has 1 aliphatic carbocycles. The molecule has 0 unspecified atom stereocenters. The van der Waals surface area contributed by atoms with Crippen LogP contribution in [-0.4, -0.2) is 22.1 Å². The van der Waals surface area contributed by atoms with Crippen molar-refractivity contribution >= 4 is 0 Å². The minimum absolute atomic E-state index is 0.419. The van der Waals surface area contributed by atoms with Gasteiger partial charge in [0.25, 0.3) is 0 Å². The molecule has 1 aromatic heterocycles. The van der Waals surface area contributed by atoms with Crippen LogP contribution in [0.3, 0.4) is 0 Å². The number of hydrogen-bond acceptors (Lipinski definition) is 4. The number of rotatable bonds is 3. The molecule has 0 aromatic carbocycles. The van der Waals surface area contributed by atoms with Crippen molar-refractivity contribution in [3.8, 4) is 0 Å². The first-order chi connectivity index (χ1) is 7.34. The summed E-state index contributed by atoms with van der Waals surface area (Å²) in [5.41, 5.74) is 6.91. The van der Waals surface area contributed by atoms with Crippen LogP contribution in [0.2, 0.25) is 0 Å². The fourth-order valence-electron chi connectivity index (χ4n) is 1.99. The second kappa shape index (κ2) is 5.19. The maximum Gasteiger partial charge on any atom is 0.115 e. The number of aromatic nitrogens is 2. The zero-order valence-corrected chi connectivity index (χ0v) is 8.89. The summed E-state index contributed by atoms with van der Waals surface area (Å²) in [5.74, 6) is 0. The van der Waals surface area contributed by atoms with Crippen LogP contribution in [0.15, 0.2) is 18.6 Å². The fraction of sp³-hybridized carbons (Fsp3) is 0.636. The highest BCUT2D eigenvalue weighted by atomic mass is 14.9. The van der Waals surface area contributed by atoms with Crippen LogP contribution in [0.1, 0.15) is 31.4 Å². The molecular formula is C11H18N4. The standard InChI is InChI=1S/C11H18N4/c12-9-1-3-10(4-2-9)14-7-11-5-6-13-8-15-11/h5-6,8-10,14H,1-4,7,12H2. The van der Waals surface area contributed by atoms with E-state index < -0.39 is 0 Å². The summed E-state index contributed by atoms with van der Waals surface area (Å²) in [7, 11) is 0. The van der Waals surface area contributed by atoms with E-state index in [4.69, 9.17) is 5.73 Å². The van der Waals surface area contributed by atoms with Crippen LogP contribution in [0.25, 0.3) is 0 Å². The van der Waals surface area contributed by atoms with E-state index in [1.165, 1.54) is 12.8 Å². The summed E-state index contributed by atoms with van der Waals surface area (Å²) in [6.45, 7) is 0.836. The van der Waals surface area contributed by atoms with Gasteiger partial charge >= 0.3 is 0 Å². The molecule has 4 heteroatoms. The molecule has 0 saturated heterocycles. The van der Waals surface area contributed by atoms with Crippen LogP contribution in [-0.2, 0) is 6.54 Å². The van der Waals surface area contributed by atoms with Gasteiger partial charge in [0.05, 0.1) is 5.69 Å². The van der Waals surface area contributed by atoms with Gasteiger partial charge in [-0.15, -0.1) is 0 Å². The van der Waals surface area contributed by atoms with Gasteiger partial charge < -0.3 is 11.1 Å². The monoisotopic (exact) mass is 206 g/mol. The summed E-state index contributed by atoms with van der Waals surface area (Å²) < 4.78 is 0. The lowest BCUT2D eigenvalue weighted by molar-refractivity contribution is 0.340. The predicted molar refractivity (Wildman–Crippen MR) is 59.1 cm³/mol. The lowest BCUT2D eigenvalue weighted by Gasteiger charge is -2.26. The molecule has 0 bridgehead atoms. The average Bonchev–Trinajstić information content (AvgIpc) is 2.30. The lowest BCUT2D eigenvalue weighted by atomic mass is 9.92. The minimum Gasteiger partial charge on any atom is -0.328 e. The zero-order chi connectivity index (χ0) is 10.5. The van der Waals surface area contributed by atoms with E-state index in [0.29, 0.717) is 12.1 Å². The molecule has 1 aliphatic rings. The maximum atomic E-state index is 5.86. The first kappa shape index (κ1) is 10.5. The van der Waals surface area contributed by atoms with Gasteiger partial charge in [0, 0.05) is 24.8 Å². The molecule has 3 N–H and O–H groups in total. The Balaban J connectivity index is 1.74. The van der Waals surface area contributed by atoms with E-state index in [1.54, 1.807) is 12.5 Å². The highest BCUT2D eigenvalue weighted by Gasteiger charge is 2.17. The van der Waals surface area contributed by atoms with Crippen molar-refractivity contribution in [1.82, 2.24) is 15.3 Å². The second-order valence-corrected chi connectivity index (χ2v) is 4.19. The Kier molecular flexibility index (Phi) is 3.64. The molecule has 4 nitrogen and oxygen atoms in total. The van der Waals surface area contributed by atoms with Crippen molar-refractivity contribution in [3.63, 3.8) is 0 Å². The van der Waals surface area contributed by atoms with Gasteiger partial charge in [-0.2, -0.15) is 0 Å². The highest BCUT2D eigenvalue weighted by molar-refractivity contribution is 4.97. The molecule has 0 amide bonds. The third-order valence-corrected chi connectivity index (χ3v) is 2.99. The van der Waals surface area contributed by atoms with E-state index >= 15 is 0 Å². The summed E-state index contributed by atoms with van der Waals surface area (Å²) in [5, 5.41) is 3.51. The molecule has 0 radical (unpaired) electrons. The Hall–Kier alpha value is -1.00. The van der Waals surface area contributed by atoms with Crippen LogP contribution in [0.5, 0.6) is 0 Å². The van der Waals surface area contributed by atoms with Crippen molar-refractivity contribution in [3.05, 3.63) is 24.3 Å². The minimum atomic E-state index is 0.419. The summed E-state index contributed by atoms with van der Waals surface area (Å²) >= 11 is 0. The molecule has 0 atom stereocenters. The van der Waals surface area contributed by atoms with Crippen molar-refractivity contribution in [2.24, 2.45) is 5.73 Å². The van der Waals surface area contributed by atoms with Gasteiger partial charge in [0.2, 0.25) is 0 Å². The van der Waals surface area contributed by atoms with Gasteiger partial charge in [-0.1, -0.05) is 0 Å². The third kappa shape index (κ3) is 3.25. The largest absolute Gasteiger partial charge is 0.328 e. The quantitative estimate of drug-likeness (QED) is 0.769. The lowest BCUT2D eigenvalue weighted by Crippen LogP contribution is -2.37. The zero-order valence-electron chi connectivity index (χ0n) is 8.89. The first-order valence-corrected chi connectivity index (χ1v) is 5.58. The Morgan fingerprint density at radius 3 is 2.80 bits per heavy atom. The number of nitrogens with zero attached hydrogens (tertiary/aromatic N) is 2. The van der Waals surface area contributed by atoms with Gasteiger partial charge in [-0.05, 0) is 31.7 Å². The van der Waals surface area contributed by atoms with Gasteiger partial charge in [-0.3, -0.25) is 0 Å². The second-order valence-electron chi connectivity index (χ2n) is 4.19. The van der Waals surface area contributed by atoms with E-state index in [2.05, 4.69) is 15.3 Å². The highest BCUT2D eigenvalue weighted by Crippen LogP contribution is 2.17. The molecule has 0 spiro atoms. The Morgan fingerprint density at radius 1 is 1.33 bits per heavy atom. The molecule has 2 rings (SSSR count). The topological polar surface area (TPSA) is 63.8 Å². The summed E-state index contributed by atoms with van der Waals surface area (Å²) in [6.07, 6.45) is 8.02. The van der Waals surface area contributed by atoms with Crippen molar-refractivity contribution < 1.29 is 0 Å². The first-order valence-electron chi connectivity index (χ1n) is 5.58. The van der Waals surface area contributed by atoms with E-state index in [1.807, 2.05) is 6.07 Å². The van der Waals surface area contributed by atoms with E-state index in [0.717, 1.165) is 25.1 Å². The number of nitrogens with one attached hydrogen (secondary N) is 1. The molecular weight excluding hydrogens is 188 g/mol. The Morgan fingerprint density at radius 2 is 2.13 bits per heavy atom. The summed E-state index contributed by atoms with van der Waals surface area (Å²) in [4.78, 5) is 8.07. The molecule has 0 aliphatic heterocycles. The molecule has 1 fully saturated rings. The number of hydrogen-bond donors (Lipinski definition) is 2. The Labute approximate surface area is 90.3 Å². The van der Waals surface area contributed by atoms with Crippen molar-refractivity contribution in [2.45, 2.75) is 44.3 Å². The van der Waals surface area contributed by atoms with Crippen molar-refractivity contribution in [1.29, 1.82) is 0 Å². The molecule has 15 heavy (non-hydrogen) atoms. The van der Waals surface area contributed by atoms with Crippen molar-refractivity contribution in [2.75, 3.05) is 0 Å². The van der Waals surface area contributed by atoms with Gasteiger partial charge in [0.1, 0.15) is 6.33 Å². The SMILES string of the molecule is NC1CCC(NCc2ccncn2)CC1. The Bertz CT molecular complexity index is 280. The maximum absolute atomic E-state index is 5.86. The molecule has 1 aromatic rings. The molecule has 82 valence electrons. The average molecular weight is 206 g/mol. The van der Waals surface area contributed by atoms with Gasteiger partial charge in [-0.25, -0.2) is 9.97 Å². The van der Waals surface area contributed by atoms with Crippen LogP contribution < -0.4 is 11.1 Å². The molecule has 1 saturated carbocycles. The van der Waals surface area contributed by atoms with E-state index in [9.17, 15) is 0 Å². The van der Waals surface area contributed by atoms with Crippen LogP contribution in [0, 0.1) is 0 Å². The van der Waals surface area contributed by atoms with Crippen LogP contribution in [0.4, 0.5) is 0 Å². The smallest absolute Gasteiger partial charge is 0.115 e. The van der Waals surface area contributed by atoms with Crippen LogP contribution >= 0.6 is 0 Å². The van der Waals surface area contributed by atoms with E-state index in [-0.39, 0.29) is 0 Å². The summed E-state index contributed by atoms with van der Waals surface area (Å²) in [6, 6.07) is 2.98. The van der Waals surface area contributed by atoms with Gasteiger partial charge in [0.15, 0.2) is 0 Å². The third-order valence-electron chi connectivity index (χ3n) is 2.99.